The highest BCUT2D eigenvalue weighted by Crippen LogP contribution is 2.27. The zero-order valence-electron chi connectivity index (χ0n) is 13.0. The van der Waals surface area contributed by atoms with Gasteiger partial charge in [0.25, 0.3) is 0 Å². The van der Waals surface area contributed by atoms with Gasteiger partial charge in [-0.25, -0.2) is 13.4 Å². The van der Waals surface area contributed by atoms with E-state index < -0.39 is 10.0 Å². The summed E-state index contributed by atoms with van der Waals surface area (Å²) in [4.78, 5) is 4.53. The molecule has 0 aliphatic heterocycles. The molecule has 0 saturated heterocycles. The molecule has 1 aromatic heterocycles. The molecule has 22 heavy (non-hydrogen) atoms. The minimum absolute atomic E-state index is 0.253. The van der Waals surface area contributed by atoms with Crippen LogP contribution in [0, 0.1) is 6.92 Å². The fourth-order valence-corrected chi connectivity index (χ4v) is 3.93. The van der Waals surface area contributed by atoms with Gasteiger partial charge in [-0.05, 0) is 30.7 Å². The van der Waals surface area contributed by atoms with E-state index in [2.05, 4.69) is 34.8 Å². The molecule has 0 unspecified atom stereocenters. The average molecular weight is 403 g/mol. The van der Waals surface area contributed by atoms with Crippen molar-refractivity contribution in [3.63, 3.8) is 0 Å². The van der Waals surface area contributed by atoms with Crippen LogP contribution in [0.2, 0.25) is 0 Å². The topological polar surface area (TPSA) is 50.3 Å². The molecule has 0 saturated carbocycles. The van der Waals surface area contributed by atoms with Gasteiger partial charge < -0.3 is 0 Å². The van der Waals surface area contributed by atoms with Gasteiger partial charge in [0.1, 0.15) is 0 Å². The van der Waals surface area contributed by atoms with Gasteiger partial charge in [-0.2, -0.15) is 0 Å². The van der Waals surface area contributed by atoms with Crippen molar-refractivity contribution in [2.24, 2.45) is 0 Å². The lowest BCUT2D eigenvalue weighted by Crippen LogP contribution is -2.29. The second kappa shape index (κ2) is 6.68. The van der Waals surface area contributed by atoms with Crippen LogP contribution in [0.4, 0.5) is 5.69 Å². The summed E-state index contributed by atoms with van der Waals surface area (Å²) in [6, 6.07) is 5.53. The van der Waals surface area contributed by atoms with Crippen molar-refractivity contribution in [3.05, 3.63) is 44.3 Å². The maximum Gasteiger partial charge on any atom is 0.232 e. The van der Waals surface area contributed by atoms with Gasteiger partial charge in [0.05, 0.1) is 29.2 Å². The van der Waals surface area contributed by atoms with Gasteiger partial charge in [-0.15, -0.1) is 11.3 Å². The Bertz CT molecular complexity index is 770. The van der Waals surface area contributed by atoms with Crippen molar-refractivity contribution in [2.75, 3.05) is 10.6 Å². The van der Waals surface area contributed by atoms with E-state index >= 15 is 0 Å². The summed E-state index contributed by atoms with van der Waals surface area (Å²) in [5.74, 6) is 0.348. The Balaban J connectivity index is 2.36. The van der Waals surface area contributed by atoms with Crippen LogP contribution in [0.3, 0.4) is 0 Å². The first-order valence-corrected chi connectivity index (χ1v) is 10.4. The minimum atomic E-state index is -3.37. The standard InChI is InChI=1S/C15H19BrN2O2S2/c1-10(2)15-17-12(9-21-15)8-18(22(4,19)20)13-5-6-14(16)11(3)7-13/h5-7,9-10H,8H2,1-4H3. The van der Waals surface area contributed by atoms with Crippen molar-refractivity contribution in [3.8, 4) is 0 Å². The Morgan fingerprint density at radius 3 is 2.55 bits per heavy atom. The Hall–Kier alpha value is -0.920. The Morgan fingerprint density at radius 2 is 2.05 bits per heavy atom. The number of thiazole rings is 1. The molecular formula is C15H19BrN2O2S2. The highest BCUT2D eigenvalue weighted by atomic mass is 79.9. The Labute approximate surface area is 144 Å². The summed E-state index contributed by atoms with van der Waals surface area (Å²) in [6.45, 7) is 6.35. The molecule has 0 N–H and O–H groups in total. The van der Waals surface area contributed by atoms with Crippen LogP contribution in [-0.2, 0) is 16.6 Å². The highest BCUT2D eigenvalue weighted by Gasteiger charge is 2.20. The van der Waals surface area contributed by atoms with Crippen LogP contribution in [-0.4, -0.2) is 19.7 Å². The number of aryl methyl sites for hydroxylation is 1. The van der Waals surface area contributed by atoms with Crippen LogP contribution < -0.4 is 4.31 Å². The molecule has 0 amide bonds. The zero-order valence-corrected chi connectivity index (χ0v) is 16.2. The number of nitrogens with zero attached hydrogens (tertiary/aromatic N) is 2. The molecule has 0 bridgehead atoms. The molecule has 1 aromatic carbocycles. The average Bonchev–Trinajstić information content (AvgIpc) is 2.87. The van der Waals surface area contributed by atoms with Crippen molar-refractivity contribution in [1.29, 1.82) is 0 Å². The minimum Gasteiger partial charge on any atom is -0.264 e. The molecule has 4 nitrogen and oxygen atoms in total. The SMILES string of the molecule is Cc1cc(N(Cc2csc(C(C)C)n2)S(C)(=O)=O)ccc1Br. The number of benzene rings is 1. The van der Waals surface area contributed by atoms with Crippen LogP contribution in [0.25, 0.3) is 0 Å². The second-order valence-electron chi connectivity index (χ2n) is 5.53. The van der Waals surface area contributed by atoms with Crippen molar-refractivity contribution in [2.45, 2.75) is 33.2 Å². The van der Waals surface area contributed by atoms with Gasteiger partial charge in [0, 0.05) is 15.8 Å². The zero-order chi connectivity index (χ0) is 16.5. The van der Waals surface area contributed by atoms with Gasteiger partial charge in [0.15, 0.2) is 0 Å². The fraction of sp³-hybridized carbons (Fsp3) is 0.400. The van der Waals surface area contributed by atoms with Crippen LogP contribution in [0.1, 0.15) is 36.0 Å². The van der Waals surface area contributed by atoms with Gasteiger partial charge in [-0.3, -0.25) is 4.31 Å². The predicted octanol–water partition coefficient (Wildman–Crippen LogP) is 4.30. The maximum absolute atomic E-state index is 12.2. The number of anilines is 1. The van der Waals surface area contributed by atoms with Gasteiger partial charge >= 0.3 is 0 Å². The molecule has 0 fully saturated rings. The smallest absolute Gasteiger partial charge is 0.232 e. The lowest BCUT2D eigenvalue weighted by atomic mass is 10.2. The third kappa shape index (κ3) is 4.08. The van der Waals surface area contributed by atoms with Crippen molar-refractivity contribution in [1.82, 2.24) is 4.98 Å². The van der Waals surface area contributed by atoms with Crippen LogP contribution in [0.5, 0.6) is 0 Å². The molecule has 0 atom stereocenters. The summed E-state index contributed by atoms with van der Waals surface area (Å²) in [7, 11) is -3.37. The molecule has 1 heterocycles. The molecular weight excluding hydrogens is 384 g/mol. The summed E-state index contributed by atoms with van der Waals surface area (Å²) in [5, 5.41) is 2.95. The monoisotopic (exact) mass is 402 g/mol. The third-order valence-corrected chi connectivity index (χ3v) is 6.42. The van der Waals surface area contributed by atoms with Crippen LogP contribution >= 0.6 is 27.3 Å². The highest BCUT2D eigenvalue weighted by molar-refractivity contribution is 9.10. The first-order chi connectivity index (χ1) is 10.2. The third-order valence-electron chi connectivity index (χ3n) is 3.20. The van der Waals surface area contributed by atoms with E-state index in [0.29, 0.717) is 11.6 Å². The van der Waals surface area contributed by atoms with E-state index in [0.717, 1.165) is 20.7 Å². The Morgan fingerprint density at radius 1 is 1.36 bits per heavy atom. The summed E-state index contributed by atoms with van der Waals surface area (Å²) < 4.78 is 26.7. The normalized spacial score (nSPS) is 11.9. The lowest BCUT2D eigenvalue weighted by molar-refractivity contribution is 0.596. The first-order valence-electron chi connectivity index (χ1n) is 6.86. The first kappa shape index (κ1) is 17.4. The number of halogens is 1. The van der Waals surface area contributed by atoms with Gasteiger partial charge in [-0.1, -0.05) is 29.8 Å². The fourth-order valence-electron chi connectivity index (χ4n) is 1.99. The molecule has 0 spiro atoms. The number of rotatable bonds is 5. The molecule has 2 aromatic rings. The number of sulfonamides is 1. The summed E-state index contributed by atoms with van der Waals surface area (Å²) in [6.07, 6.45) is 1.22. The van der Waals surface area contributed by atoms with E-state index in [9.17, 15) is 8.42 Å². The Kier molecular flexibility index (Phi) is 5.29. The van der Waals surface area contributed by atoms with Crippen molar-refractivity contribution >= 4 is 43.0 Å². The van der Waals surface area contributed by atoms with E-state index in [1.807, 2.05) is 24.4 Å². The molecule has 2 rings (SSSR count). The van der Waals surface area contributed by atoms with E-state index in [1.54, 1.807) is 17.4 Å². The molecule has 120 valence electrons. The lowest BCUT2D eigenvalue weighted by Gasteiger charge is -2.22. The summed E-state index contributed by atoms with van der Waals surface area (Å²) in [5.41, 5.74) is 2.43. The number of aromatic nitrogens is 1. The van der Waals surface area contributed by atoms with E-state index in [1.165, 1.54) is 10.6 Å². The molecule has 0 aliphatic rings. The maximum atomic E-state index is 12.2. The number of hydrogen-bond acceptors (Lipinski definition) is 4. The molecule has 7 heteroatoms. The quantitative estimate of drug-likeness (QED) is 0.748. The molecule has 0 radical (unpaired) electrons. The van der Waals surface area contributed by atoms with Crippen LogP contribution in [0.15, 0.2) is 28.1 Å². The van der Waals surface area contributed by atoms with Gasteiger partial charge in [0.2, 0.25) is 10.0 Å². The number of hydrogen-bond donors (Lipinski definition) is 0. The second-order valence-corrected chi connectivity index (χ2v) is 9.19. The molecule has 0 aliphatic carbocycles. The van der Waals surface area contributed by atoms with Crippen molar-refractivity contribution < 1.29 is 8.42 Å². The largest absolute Gasteiger partial charge is 0.264 e. The van der Waals surface area contributed by atoms with E-state index in [4.69, 9.17) is 0 Å². The predicted molar refractivity (Wildman–Crippen MR) is 96.1 cm³/mol. The summed E-state index contributed by atoms with van der Waals surface area (Å²) >= 11 is 5.01. The van der Waals surface area contributed by atoms with E-state index in [-0.39, 0.29) is 6.54 Å².